The summed E-state index contributed by atoms with van der Waals surface area (Å²) in [6.45, 7) is 4.57. The first-order valence-corrected chi connectivity index (χ1v) is 14.7. The number of carbonyl (C=O) groups excluding carboxylic acids is 1. The van der Waals surface area contributed by atoms with Crippen LogP contribution in [0.5, 0.6) is 0 Å². The molecular formula is C23H32NO8S2. The lowest BCUT2D eigenvalue weighted by atomic mass is 9.73. The molecule has 9 nitrogen and oxygen atoms in total. The van der Waals surface area contributed by atoms with Gasteiger partial charge in [0.1, 0.15) is 5.54 Å². The van der Waals surface area contributed by atoms with Crippen LogP contribution in [0, 0.1) is 23.7 Å². The van der Waals surface area contributed by atoms with Crippen molar-refractivity contribution in [2.45, 2.75) is 51.1 Å². The van der Waals surface area contributed by atoms with Crippen molar-refractivity contribution in [3.63, 3.8) is 0 Å². The average Bonchev–Trinajstić information content (AvgIpc) is 2.98. The first-order chi connectivity index (χ1) is 15.8. The smallest absolute Gasteiger partial charge is 0.264 e. The first kappa shape index (κ1) is 28.4. The van der Waals surface area contributed by atoms with Crippen molar-refractivity contribution in [3.8, 4) is 11.8 Å². The van der Waals surface area contributed by atoms with Crippen molar-refractivity contribution in [2.24, 2.45) is 11.8 Å². The molecular weight excluding hydrogens is 482 g/mol. The number of benzene rings is 1. The Morgan fingerprint density at radius 1 is 0.912 bits per heavy atom. The second-order valence-corrected chi connectivity index (χ2v) is 11.8. The standard InChI is InChI=1S/C23H32NO8S2/c1-6-22(7-2)19(16-31-33(4,27)28)20(17-32-34(5,29)30)23(8-3,24(22)26)15-14-21(25)18-12-10-9-11-13-18/h9-13,19-20H,6-8,16-17H2,1-5H3/t19-,20-,23-/m1/s1. The molecule has 3 atom stereocenters. The summed E-state index contributed by atoms with van der Waals surface area (Å²) in [4.78, 5) is 12.7. The molecule has 1 fully saturated rings. The maximum Gasteiger partial charge on any atom is 0.264 e. The Balaban J connectivity index is 2.66. The van der Waals surface area contributed by atoms with E-state index in [-0.39, 0.29) is 13.0 Å². The van der Waals surface area contributed by atoms with Crippen LogP contribution in [-0.2, 0) is 33.8 Å². The van der Waals surface area contributed by atoms with E-state index in [0.29, 0.717) is 18.4 Å². The summed E-state index contributed by atoms with van der Waals surface area (Å²) < 4.78 is 57.4. The molecule has 0 bridgehead atoms. The largest absolute Gasteiger partial charge is 0.279 e. The molecule has 11 heteroatoms. The Morgan fingerprint density at radius 2 is 1.41 bits per heavy atom. The summed E-state index contributed by atoms with van der Waals surface area (Å²) in [5.74, 6) is 3.38. The van der Waals surface area contributed by atoms with Crippen LogP contribution in [0.3, 0.4) is 0 Å². The van der Waals surface area contributed by atoms with E-state index in [0.717, 1.165) is 17.6 Å². The van der Waals surface area contributed by atoms with Gasteiger partial charge in [0, 0.05) is 17.4 Å². The second kappa shape index (κ2) is 10.8. The Labute approximate surface area is 202 Å². The normalized spacial score (nSPS) is 25.0. The van der Waals surface area contributed by atoms with Gasteiger partial charge in [-0.15, -0.1) is 10.3 Å². The quantitative estimate of drug-likeness (QED) is 0.202. The van der Waals surface area contributed by atoms with Gasteiger partial charge in [-0.3, -0.25) is 13.2 Å². The van der Waals surface area contributed by atoms with Crippen molar-refractivity contribution in [1.82, 2.24) is 5.06 Å². The van der Waals surface area contributed by atoms with E-state index in [4.69, 9.17) is 8.37 Å². The van der Waals surface area contributed by atoms with Crippen molar-refractivity contribution in [3.05, 3.63) is 35.9 Å². The van der Waals surface area contributed by atoms with Crippen LogP contribution in [0.4, 0.5) is 0 Å². The number of Topliss-reactive ketones (excluding diaryl/α,β-unsaturated/α-hetero) is 1. The molecule has 0 saturated carbocycles. The fraction of sp³-hybridized carbons (Fsp3) is 0.609. The van der Waals surface area contributed by atoms with Gasteiger partial charge in [-0.05, 0) is 25.2 Å². The number of hydroxylamine groups is 2. The van der Waals surface area contributed by atoms with Crippen LogP contribution in [0.1, 0.15) is 50.4 Å². The van der Waals surface area contributed by atoms with E-state index in [1.54, 1.807) is 51.1 Å². The topological polar surface area (TPSA) is 127 Å². The highest BCUT2D eigenvalue weighted by atomic mass is 32.2. The van der Waals surface area contributed by atoms with Gasteiger partial charge in [-0.2, -0.15) is 16.8 Å². The van der Waals surface area contributed by atoms with Crippen LogP contribution in [-0.4, -0.2) is 64.5 Å². The Kier molecular flexibility index (Phi) is 9.07. The third-order valence-electron chi connectivity index (χ3n) is 6.67. The molecule has 1 radical (unpaired) electrons. The maximum absolute atomic E-state index is 14.0. The van der Waals surface area contributed by atoms with Gasteiger partial charge >= 0.3 is 0 Å². The number of hydrogen-bond acceptors (Lipinski definition) is 8. The van der Waals surface area contributed by atoms with E-state index in [2.05, 4.69) is 11.8 Å². The lowest BCUT2D eigenvalue weighted by molar-refractivity contribution is -0.257. The molecule has 0 spiro atoms. The maximum atomic E-state index is 14.0. The van der Waals surface area contributed by atoms with Gasteiger partial charge in [0.2, 0.25) is 5.78 Å². The summed E-state index contributed by atoms with van der Waals surface area (Å²) in [5, 5.41) is 14.8. The van der Waals surface area contributed by atoms with Gasteiger partial charge in [0.15, 0.2) is 0 Å². The molecule has 1 heterocycles. The molecule has 1 aliphatic heterocycles. The summed E-state index contributed by atoms with van der Waals surface area (Å²) in [6.07, 6.45) is 2.61. The molecule has 1 aromatic carbocycles. The van der Waals surface area contributed by atoms with Gasteiger partial charge in [-0.1, -0.05) is 57.0 Å². The van der Waals surface area contributed by atoms with Crippen molar-refractivity contribution in [2.75, 3.05) is 25.7 Å². The molecule has 34 heavy (non-hydrogen) atoms. The Hall–Kier alpha value is -1.81. The third-order valence-corrected chi connectivity index (χ3v) is 7.80. The molecule has 0 N–H and O–H groups in total. The fourth-order valence-corrected chi connectivity index (χ4v) is 5.64. The van der Waals surface area contributed by atoms with E-state index >= 15 is 0 Å². The first-order valence-electron chi connectivity index (χ1n) is 11.0. The van der Waals surface area contributed by atoms with E-state index < -0.39 is 55.5 Å². The summed E-state index contributed by atoms with van der Waals surface area (Å²) >= 11 is 0. The predicted molar refractivity (Wildman–Crippen MR) is 126 cm³/mol. The lowest BCUT2D eigenvalue weighted by Crippen LogP contribution is -2.52. The zero-order valence-electron chi connectivity index (χ0n) is 20.1. The minimum absolute atomic E-state index is 0.153. The van der Waals surface area contributed by atoms with Crippen LogP contribution in [0.15, 0.2) is 30.3 Å². The molecule has 0 aromatic heterocycles. The molecule has 189 valence electrons. The number of ketones is 1. The predicted octanol–water partition coefficient (Wildman–Crippen LogP) is 2.43. The average molecular weight is 515 g/mol. The van der Waals surface area contributed by atoms with E-state index in [1.807, 2.05) is 0 Å². The molecule has 0 unspecified atom stereocenters. The van der Waals surface area contributed by atoms with Gasteiger partial charge in [0.05, 0.1) is 31.3 Å². The minimum atomic E-state index is -3.87. The van der Waals surface area contributed by atoms with E-state index in [1.165, 1.54) is 0 Å². The highest BCUT2D eigenvalue weighted by Gasteiger charge is 2.65. The minimum Gasteiger partial charge on any atom is -0.279 e. The number of carbonyl (C=O) groups is 1. The highest BCUT2D eigenvalue weighted by molar-refractivity contribution is 7.86. The monoisotopic (exact) mass is 514 g/mol. The van der Waals surface area contributed by atoms with Crippen LogP contribution in [0.2, 0.25) is 0 Å². The van der Waals surface area contributed by atoms with Gasteiger partial charge in [0.25, 0.3) is 20.2 Å². The van der Waals surface area contributed by atoms with Gasteiger partial charge < -0.3 is 0 Å². The molecule has 0 amide bonds. The fourth-order valence-electron chi connectivity index (χ4n) is 4.85. The molecule has 1 aromatic rings. The number of nitrogens with zero attached hydrogens (tertiary/aromatic N) is 1. The Morgan fingerprint density at radius 3 is 1.85 bits per heavy atom. The summed E-state index contributed by atoms with van der Waals surface area (Å²) in [5.41, 5.74) is -2.24. The third kappa shape index (κ3) is 6.05. The highest BCUT2D eigenvalue weighted by Crippen LogP contribution is 2.53. The number of rotatable bonds is 10. The molecule has 1 aliphatic rings. The van der Waals surface area contributed by atoms with Gasteiger partial charge in [-0.25, -0.2) is 0 Å². The van der Waals surface area contributed by atoms with Crippen molar-refractivity contribution >= 4 is 26.0 Å². The second-order valence-electron chi connectivity index (χ2n) is 8.52. The number of hydrogen-bond donors (Lipinski definition) is 0. The van der Waals surface area contributed by atoms with Crippen LogP contribution in [0.25, 0.3) is 0 Å². The zero-order chi connectivity index (χ0) is 25.8. The molecule has 0 aliphatic carbocycles. The Bertz CT molecular complexity index is 1130. The van der Waals surface area contributed by atoms with Crippen LogP contribution >= 0.6 is 0 Å². The van der Waals surface area contributed by atoms with Crippen molar-refractivity contribution < 1.29 is 35.2 Å². The molecule has 2 rings (SSSR count). The molecule has 1 saturated heterocycles. The summed E-state index contributed by atoms with van der Waals surface area (Å²) in [7, 11) is -7.71. The van der Waals surface area contributed by atoms with Crippen molar-refractivity contribution in [1.29, 1.82) is 0 Å². The SMILES string of the molecule is CCC1(CC)[C@H](COS(C)(=O)=O)[C@@H](COS(C)(=O)=O)[C@](C#CC(=O)c2ccccc2)(CC)N1[O]. The summed E-state index contributed by atoms with van der Waals surface area (Å²) in [6, 6.07) is 8.36. The lowest BCUT2D eigenvalue weighted by Gasteiger charge is -2.39. The van der Waals surface area contributed by atoms with E-state index in [9.17, 15) is 26.8 Å². The zero-order valence-corrected chi connectivity index (χ0v) is 21.7. The van der Waals surface area contributed by atoms with Crippen LogP contribution < -0.4 is 0 Å².